The summed E-state index contributed by atoms with van der Waals surface area (Å²) in [5, 5.41) is 0. The Labute approximate surface area is 103 Å². The summed E-state index contributed by atoms with van der Waals surface area (Å²) in [5.41, 5.74) is 5.57. The lowest BCUT2D eigenvalue weighted by molar-refractivity contribution is 0.0782. The summed E-state index contributed by atoms with van der Waals surface area (Å²) in [7, 11) is 1.61. The van der Waals surface area contributed by atoms with Gasteiger partial charge in [0.25, 0.3) is 5.91 Å². The third-order valence-corrected chi connectivity index (χ3v) is 2.57. The zero-order valence-electron chi connectivity index (χ0n) is 9.85. The number of amides is 1. The zero-order valence-corrected chi connectivity index (χ0v) is 9.85. The molecule has 3 N–H and O–H groups in total. The average molecular weight is 248 g/mol. The summed E-state index contributed by atoms with van der Waals surface area (Å²) < 4.78 is 13.3. The van der Waals surface area contributed by atoms with E-state index in [4.69, 9.17) is 5.73 Å². The molecule has 0 spiro atoms. The molecule has 1 aromatic heterocycles. The van der Waals surface area contributed by atoms with Crippen molar-refractivity contribution >= 4 is 11.6 Å². The first kappa shape index (κ1) is 12.1. The Kier molecular flexibility index (Phi) is 3.27. The molecule has 0 fully saturated rings. The summed E-state index contributed by atoms with van der Waals surface area (Å²) in [5.74, 6) is -0.281. The van der Waals surface area contributed by atoms with E-state index in [1.807, 2.05) is 0 Å². The smallest absolute Gasteiger partial charge is 0.256 e. The molecule has 2 rings (SSSR count). The van der Waals surface area contributed by atoms with E-state index < -0.39 is 5.82 Å². The lowest BCUT2D eigenvalue weighted by Gasteiger charge is -2.17. The monoisotopic (exact) mass is 248 g/mol. The van der Waals surface area contributed by atoms with Crippen molar-refractivity contribution in [3.63, 3.8) is 0 Å². The number of hydrogen-bond acceptors (Lipinski definition) is 3. The summed E-state index contributed by atoms with van der Waals surface area (Å²) >= 11 is 0. The Morgan fingerprint density at radius 3 is 3.00 bits per heavy atom. The number of para-hydroxylation sites is 1. The van der Waals surface area contributed by atoms with Gasteiger partial charge >= 0.3 is 0 Å². The van der Waals surface area contributed by atoms with Gasteiger partial charge < -0.3 is 15.6 Å². The van der Waals surface area contributed by atoms with Crippen molar-refractivity contribution in [2.24, 2.45) is 0 Å². The van der Waals surface area contributed by atoms with Gasteiger partial charge in [-0.15, -0.1) is 0 Å². The van der Waals surface area contributed by atoms with Crippen molar-refractivity contribution in [1.29, 1.82) is 0 Å². The van der Waals surface area contributed by atoms with Crippen LogP contribution in [0.1, 0.15) is 16.2 Å². The van der Waals surface area contributed by atoms with Crippen LogP contribution in [-0.4, -0.2) is 27.8 Å². The van der Waals surface area contributed by atoms with Crippen LogP contribution in [0.15, 0.2) is 30.6 Å². The van der Waals surface area contributed by atoms with Crippen molar-refractivity contribution in [1.82, 2.24) is 14.9 Å². The normalized spacial score (nSPS) is 10.3. The van der Waals surface area contributed by atoms with E-state index in [0.717, 1.165) is 0 Å². The van der Waals surface area contributed by atoms with E-state index in [0.29, 0.717) is 12.4 Å². The number of nitrogen functional groups attached to an aromatic ring is 1. The van der Waals surface area contributed by atoms with Crippen molar-refractivity contribution in [2.75, 3.05) is 12.8 Å². The number of nitrogens with one attached hydrogen (secondary N) is 1. The molecular weight excluding hydrogens is 235 g/mol. The van der Waals surface area contributed by atoms with Gasteiger partial charge in [0.1, 0.15) is 11.6 Å². The van der Waals surface area contributed by atoms with Crippen LogP contribution in [0, 0.1) is 5.82 Å². The van der Waals surface area contributed by atoms with Gasteiger partial charge in [0.05, 0.1) is 17.8 Å². The molecule has 0 radical (unpaired) electrons. The molecule has 0 aliphatic heterocycles. The summed E-state index contributed by atoms with van der Waals surface area (Å²) in [6, 6.07) is 4.18. The van der Waals surface area contributed by atoms with E-state index >= 15 is 0 Å². The molecule has 0 atom stereocenters. The topological polar surface area (TPSA) is 75.0 Å². The maximum absolute atomic E-state index is 13.3. The standard InChI is InChI=1S/C12H13FN4O/c1-17(7-10-15-5-6-16-10)12(18)8-3-2-4-9(13)11(8)14/h2-6H,7,14H2,1H3,(H,15,16). The van der Waals surface area contributed by atoms with E-state index in [9.17, 15) is 9.18 Å². The second-order valence-corrected chi connectivity index (χ2v) is 3.90. The molecule has 0 aliphatic carbocycles. The van der Waals surface area contributed by atoms with E-state index in [1.54, 1.807) is 19.4 Å². The van der Waals surface area contributed by atoms with E-state index in [1.165, 1.54) is 23.1 Å². The molecule has 18 heavy (non-hydrogen) atoms. The summed E-state index contributed by atoms with van der Waals surface area (Å²) in [4.78, 5) is 20.4. The van der Waals surface area contributed by atoms with Crippen LogP contribution in [0.5, 0.6) is 0 Å². The van der Waals surface area contributed by atoms with Gasteiger partial charge in [0, 0.05) is 19.4 Å². The van der Waals surface area contributed by atoms with E-state index in [-0.39, 0.29) is 17.2 Å². The third-order valence-electron chi connectivity index (χ3n) is 2.57. The number of hydrogen-bond donors (Lipinski definition) is 2. The zero-order chi connectivity index (χ0) is 13.1. The second kappa shape index (κ2) is 4.87. The number of rotatable bonds is 3. The van der Waals surface area contributed by atoms with Crippen LogP contribution in [0.25, 0.3) is 0 Å². The lowest BCUT2D eigenvalue weighted by Crippen LogP contribution is -2.27. The number of nitrogens with two attached hydrogens (primary N) is 1. The first-order chi connectivity index (χ1) is 8.59. The van der Waals surface area contributed by atoms with Crippen LogP contribution in [0.3, 0.4) is 0 Å². The first-order valence-corrected chi connectivity index (χ1v) is 5.37. The van der Waals surface area contributed by atoms with Crippen LogP contribution >= 0.6 is 0 Å². The van der Waals surface area contributed by atoms with Crippen molar-refractivity contribution in [3.8, 4) is 0 Å². The maximum Gasteiger partial charge on any atom is 0.256 e. The number of anilines is 1. The number of aromatic nitrogens is 2. The fourth-order valence-corrected chi connectivity index (χ4v) is 1.61. The average Bonchev–Trinajstić information content (AvgIpc) is 2.84. The van der Waals surface area contributed by atoms with Crippen LogP contribution < -0.4 is 5.73 Å². The van der Waals surface area contributed by atoms with Crippen molar-refractivity contribution < 1.29 is 9.18 Å². The highest BCUT2D eigenvalue weighted by Gasteiger charge is 2.17. The number of halogens is 1. The van der Waals surface area contributed by atoms with Gasteiger partial charge in [0.15, 0.2) is 0 Å². The minimum atomic E-state index is -0.591. The van der Waals surface area contributed by atoms with Gasteiger partial charge in [-0.05, 0) is 12.1 Å². The molecule has 0 saturated heterocycles. The molecule has 1 amide bonds. The number of benzene rings is 1. The fourth-order valence-electron chi connectivity index (χ4n) is 1.61. The molecule has 6 heteroatoms. The first-order valence-electron chi connectivity index (χ1n) is 5.37. The largest absolute Gasteiger partial charge is 0.396 e. The van der Waals surface area contributed by atoms with Crippen molar-refractivity contribution in [2.45, 2.75) is 6.54 Å². The number of imidazole rings is 1. The maximum atomic E-state index is 13.3. The highest BCUT2D eigenvalue weighted by molar-refractivity contribution is 5.99. The Hall–Kier alpha value is -2.37. The minimum absolute atomic E-state index is 0.131. The highest BCUT2D eigenvalue weighted by Crippen LogP contribution is 2.17. The predicted molar refractivity (Wildman–Crippen MR) is 65.2 cm³/mol. The molecular formula is C12H13FN4O. The quantitative estimate of drug-likeness (QED) is 0.806. The SMILES string of the molecule is CN(Cc1ncc[nH]1)C(=O)c1cccc(F)c1N. The molecule has 94 valence electrons. The molecule has 0 unspecified atom stereocenters. The molecule has 0 bridgehead atoms. The summed E-state index contributed by atoms with van der Waals surface area (Å²) in [6.07, 6.45) is 3.27. The Balaban J connectivity index is 2.18. The second-order valence-electron chi connectivity index (χ2n) is 3.90. The molecule has 5 nitrogen and oxygen atoms in total. The number of carbonyl (C=O) groups excluding carboxylic acids is 1. The van der Waals surface area contributed by atoms with Crippen LogP contribution in [-0.2, 0) is 6.54 Å². The van der Waals surface area contributed by atoms with Crippen LogP contribution in [0.2, 0.25) is 0 Å². The van der Waals surface area contributed by atoms with E-state index in [2.05, 4.69) is 9.97 Å². The Morgan fingerprint density at radius 2 is 2.33 bits per heavy atom. The third kappa shape index (κ3) is 2.32. The van der Waals surface area contributed by atoms with Gasteiger partial charge in [-0.25, -0.2) is 9.37 Å². The fraction of sp³-hybridized carbons (Fsp3) is 0.167. The Bertz CT molecular complexity index is 553. The molecule has 1 aromatic carbocycles. The molecule has 0 saturated carbocycles. The minimum Gasteiger partial charge on any atom is -0.396 e. The predicted octanol–water partition coefficient (Wildman–Crippen LogP) is 1.40. The van der Waals surface area contributed by atoms with Gasteiger partial charge in [-0.3, -0.25) is 4.79 Å². The summed E-state index contributed by atoms with van der Waals surface area (Å²) in [6.45, 7) is 0.307. The molecule has 2 aromatic rings. The number of nitrogens with zero attached hydrogens (tertiary/aromatic N) is 2. The highest BCUT2D eigenvalue weighted by atomic mass is 19.1. The number of H-pyrrole nitrogens is 1. The lowest BCUT2D eigenvalue weighted by atomic mass is 10.1. The van der Waals surface area contributed by atoms with Crippen molar-refractivity contribution in [3.05, 3.63) is 47.8 Å². The number of aromatic amines is 1. The van der Waals surface area contributed by atoms with Gasteiger partial charge in [0.2, 0.25) is 0 Å². The van der Waals surface area contributed by atoms with Gasteiger partial charge in [-0.1, -0.05) is 6.07 Å². The van der Waals surface area contributed by atoms with Crippen LogP contribution in [0.4, 0.5) is 10.1 Å². The number of carbonyl (C=O) groups is 1. The molecule has 0 aliphatic rings. The molecule has 1 heterocycles. The Morgan fingerprint density at radius 1 is 1.56 bits per heavy atom. The van der Waals surface area contributed by atoms with Gasteiger partial charge in [-0.2, -0.15) is 0 Å².